The lowest BCUT2D eigenvalue weighted by molar-refractivity contribution is -0.138. The van der Waals surface area contributed by atoms with Gasteiger partial charge in [0, 0.05) is 24.4 Å². The Hall–Kier alpha value is -2.84. The van der Waals surface area contributed by atoms with Crippen molar-refractivity contribution in [3.05, 3.63) is 47.3 Å². The molecule has 3 N–H and O–H groups in total. The zero-order valence-corrected chi connectivity index (χ0v) is 14.5. The van der Waals surface area contributed by atoms with E-state index < -0.39 is 28.6 Å². The van der Waals surface area contributed by atoms with Crippen molar-refractivity contribution in [1.29, 1.82) is 0 Å². The summed E-state index contributed by atoms with van der Waals surface area (Å²) in [5.74, 6) is -1.16. The van der Waals surface area contributed by atoms with E-state index >= 15 is 0 Å². The minimum atomic E-state index is -4.69. The van der Waals surface area contributed by atoms with E-state index in [1.165, 1.54) is 18.5 Å². The number of anilines is 1. The molecular weight excluding hydrogens is 349 g/mol. The molecule has 0 atom stereocenters. The molecule has 140 valence electrons. The molecule has 1 aromatic heterocycles. The van der Waals surface area contributed by atoms with E-state index in [0.717, 1.165) is 12.1 Å². The highest BCUT2D eigenvalue weighted by molar-refractivity contribution is 6.04. The number of aromatic amines is 1. The van der Waals surface area contributed by atoms with Gasteiger partial charge in [-0.15, -0.1) is 0 Å². The maximum absolute atomic E-state index is 13.2. The maximum Gasteiger partial charge on any atom is 0.417 e. The topological polar surface area (TPSA) is 86.9 Å². The van der Waals surface area contributed by atoms with Crippen LogP contribution in [-0.2, 0) is 17.5 Å². The number of aromatic nitrogens is 2. The normalized spacial score (nSPS) is 11.9. The van der Waals surface area contributed by atoms with Gasteiger partial charge < -0.3 is 10.3 Å². The molecule has 9 heteroatoms. The highest BCUT2D eigenvalue weighted by atomic mass is 19.4. The second kappa shape index (κ2) is 7.19. The number of hydrogen-bond acceptors (Lipinski definition) is 3. The predicted octanol–water partition coefficient (Wildman–Crippen LogP) is 3.34. The van der Waals surface area contributed by atoms with Gasteiger partial charge in [0.15, 0.2) is 0 Å². The Labute approximate surface area is 148 Å². The maximum atomic E-state index is 13.2. The Morgan fingerprint density at radius 2 is 1.88 bits per heavy atom. The van der Waals surface area contributed by atoms with Crippen molar-refractivity contribution in [1.82, 2.24) is 15.3 Å². The molecule has 0 spiro atoms. The number of carbonyl (C=O) groups excluding carboxylic acids is 2. The van der Waals surface area contributed by atoms with Crippen molar-refractivity contribution >= 4 is 17.8 Å². The van der Waals surface area contributed by atoms with E-state index in [4.69, 9.17) is 0 Å². The number of amides is 2. The third kappa shape index (κ3) is 4.84. The summed E-state index contributed by atoms with van der Waals surface area (Å²) < 4.78 is 39.6. The average molecular weight is 368 g/mol. The van der Waals surface area contributed by atoms with Crippen molar-refractivity contribution in [3.63, 3.8) is 0 Å². The van der Waals surface area contributed by atoms with Crippen LogP contribution in [-0.4, -0.2) is 21.8 Å². The first kappa shape index (κ1) is 19.5. The van der Waals surface area contributed by atoms with Gasteiger partial charge >= 0.3 is 6.18 Å². The monoisotopic (exact) mass is 368 g/mol. The second-order valence-corrected chi connectivity index (χ2v) is 6.70. The van der Waals surface area contributed by atoms with Gasteiger partial charge in [-0.05, 0) is 17.7 Å². The number of halogens is 3. The smallest absolute Gasteiger partial charge is 0.352 e. The molecule has 2 rings (SSSR count). The van der Waals surface area contributed by atoms with Crippen molar-refractivity contribution in [3.8, 4) is 0 Å². The van der Waals surface area contributed by atoms with E-state index in [1.54, 1.807) is 20.8 Å². The molecule has 26 heavy (non-hydrogen) atoms. The number of rotatable bonds is 4. The number of benzene rings is 1. The van der Waals surface area contributed by atoms with Gasteiger partial charge in [0.2, 0.25) is 11.9 Å². The molecule has 0 aliphatic rings. The Bertz CT molecular complexity index is 793. The molecular formula is C17H19F3N4O2. The molecule has 0 saturated heterocycles. The average Bonchev–Trinajstić information content (AvgIpc) is 3.03. The molecule has 0 radical (unpaired) electrons. The van der Waals surface area contributed by atoms with Crippen molar-refractivity contribution in [2.45, 2.75) is 33.5 Å². The first-order valence-corrected chi connectivity index (χ1v) is 7.77. The fourth-order valence-electron chi connectivity index (χ4n) is 2.09. The predicted molar refractivity (Wildman–Crippen MR) is 89.3 cm³/mol. The van der Waals surface area contributed by atoms with E-state index in [2.05, 4.69) is 20.6 Å². The fourth-order valence-corrected chi connectivity index (χ4v) is 2.09. The van der Waals surface area contributed by atoms with Crippen molar-refractivity contribution in [2.75, 3.05) is 5.32 Å². The van der Waals surface area contributed by atoms with Crippen molar-refractivity contribution < 1.29 is 22.8 Å². The third-order valence-corrected chi connectivity index (χ3v) is 3.50. The summed E-state index contributed by atoms with van der Waals surface area (Å²) in [6.45, 7) is 5.17. The van der Waals surface area contributed by atoms with Gasteiger partial charge in [0.25, 0.3) is 5.91 Å². The number of alkyl halides is 3. The fraction of sp³-hybridized carbons (Fsp3) is 0.353. The Balaban J connectivity index is 2.27. The zero-order chi connectivity index (χ0) is 19.5. The van der Waals surface area contributed by atoms with Gasteiger partial charge in [-0.25, -0.2) is 4.98 Å². The SMILES string of the molecule is CC(C)(C)C(=O)NCc1ccc(C(F)(F)F)c(C(=O)Nc2ncc[nH]2)c1. The van der Waals surface area contributed by atoms with Gasteiger partial charge in [-0.2, -0.15) is 13.2 Å². The molecule has 0 aliphatic carbocycles. The highest BCUT2D eigenvalue weighted by Crippen LogP contribution is 2.33. The van der Waals surface area contributed by atoms with Crippen LogP contribution in [0, 0.1) is 5.41 Å². The minimum Gasteiger partial charge on any atom is -0.352 e. The number of nitrogens with zero attached hydrogens (tertiary/aromatic N) is 1. The minimum absolute atomic E-state index is 0.00920. The molecule has 1 aromatic carbocycles. The second-order valence-electron chi connectivity index (χ2n) is 6.70. The molecule has 0 saturated carbocycles. The van der Waals surface area contributed by atoms with E-state index in [0.29, 0.717) is 5.56 Å². The van der Waals surface area contributed by atoms with Crippen LogP contribution < -0.4 is 10.6 Å². The number of H-pyrrole nitrogens is 1. The van der Waals surface area contributed by atoms with Gasteiger partial charge in [-0.1, -0.05) is 26.8 Å². The highest BCUT2D eigenvalue weighted by Gasteiger charge is 2.35. The van der Waals surface area contributed by atoms with Crippen molar-refractivity contribution in [2.24, 2.45) is 5.41 Å². The molecule has 0 aliphatic heterocycles. The van der Waals surface area contributed by atoms with Crippen LogP contribution in [0.4, 0.5) is 19.1 Å². The lowest BCUT2D eigenvalue weighted by Gasteiger charge is -2.18. The van der Waals surface area contributed by atoms with Gasteiger partial charge in [0.05, 0.1) is 11.1 Å². The summed E-state index contributed by atoms with van der Waals surface area (Å²) in [6.07, 6.45) is -1.90. The van der Waals surface area contributed by atoms with Crippen LogP contribution >= 0.6 is 0 Å². The van der Waals surface area contributed by atoms with E-state index in [-0.39, 0.29) is 18.4 Å². The van der Waals surface area contributed by atoms with Crippen LogP contribution in [0.3, 0.4) is 0 Å². The Kier molecular flexibility index (Phi) is 5.38. The molecule has 0 fully saturated rings. The first-order valence-electron chi connectivity index (χ1n) is 7.77. The van der Waals surface area contributed by atoms with E-state index in [1.807, 2.05) is 0 Å². The van der Waals surface area contributed by atoms with Gasteiger partial charge in [0.1, 0.15) is 0 Å². The summed E-state index contributed by atoms with van der Waals surface area (Å²) >= 11 is 0. The number of nitrogens with one attached hydrogen (secondary N) is 3. The summed E-state index contributed by atoms with van der Waals surface area (Å²) in [7, 11) is 0. The largest absolute Gasteiger partial charge is 0.417 e. The van der Waals surface area contributed by atoms with Crippen LogP contribution in [0.1, 0.15) is 42.3 Å². The number of carbonyl (C=O) groups is 2. The quantitative estimate of drug-likeness (QED) is 0.774. The standard InChI is InChI=1S/C17H19F3N4O2/c1-16(2,3)14(26)23-9-10-4-5-12(17(18,19)20)11(8-10)13(25)24-15-21-6-7-22-15/h4-8H,9H2,1-3H3,(H,23,26)(H2,21,22,24,25). The Morgan fingerprint density at radius 1 is 1.19 bits per heavy atom. The summed E-state index contributed by atoms with van der Waals surface area (Å²) in [6, 6.07) is 3.18. The number of imidazole rings is 1. The lowest BCUT2D eigenvalue weighted by atomic mass is 9.95. The molecule has 6 nitrogen and oxygen atoms in total. The molecule has 2 amide bonds. The van der Waals surface area contributed by atoms with E-state index in [9.17, 15) is 22.8 Å². The first-order chi connectivity index (χ1) is 12.0. The Morgan fingerprint density at radius 3 is 2.42 bits per heavy atom. The summed E-state index contributed by atoms with van der Waals surface area (Å²) in [5.41, 5.74) is -1.87. The molecule has 1 heterocycles. The van der Waals surface area contributed by atoms with Crippen LogP contribution in [0.5, 0.6) is 0 Å². The van der Waals surface area contributed by atoms with Crippen LogP contribution in [0.2, 0.25) is 0 Å². The summed E-state index contributed by atoms with van der Waals surface area (Å²) in [4.78, 5) is 30.5. The summed E-state index contributed by atoms with van der Waals surface area (Å²) in [5, 5.41) is 4.91. The molecule has 0 unspecified atom stereocenters. The van der Waals surface area contributed by atoms with Gasteiger partial charge in [-0.3, -0.25) is 14.9 Å². The van der Waals surface area contributed by atoms with Crippen LogP contribution in [0.15, 0.2) is 30.6 Å². The molecule has 2 aromatic rings. The molecule has 0 bridgehead atoms. The number of hydrogen-bond donors (Lipinski definition) is 3. The zero-order valence-electron chi connectivity index (χ0n) is 14.5. The lowest BCUT2D eigenvalue weighted by Crippen LogP contribution is -2.34. The van der Waals surface area contributed by atoms with Crippen LogP contribution in [0.25, 0.3) is 0 Å². The third-order valence-electron chi connectivity index (χ3n) is 3.50.